The fourth-order valence-electron chi connectivity index (χ4n) is 3.38. The van der Waals surface area contributed by atoms with Crippen LogP contribution in [0.15, 0.2) is 90.0 Å². The third-order valence-corrected chi connectivity index (χ3v) is 5.12. The fraction of sp³-hybridized carbons (Fsp3) is 0.111. The van der Waals surface area contributed by atoms with Gasteiger partial charge in [-0.15, -0.1) is 0 Å². The number of methoxy groups -OCH3 is 1. The molecule has 0 saturated carbocycles. The molecule has 4 rings (SSSR count). The Kier molecular flexibility index (Phi) is 6.46. The topological polar surface area (TPSA) is 59.9 Å². The molecule has 5 nitrogen and oxygen atoms in total. The van der Waals surface area contributed by atoms with E-state index in [0.29, 0.717) is 23.7 Å². The van der Waals surface area contributed by atoms with Crippen LogP contribution in [-0.2, 0) is 6.61 Å². The standard InChI is InChI=1S/C27H24N2O3/c1-19-10-12-20(13-11-19)18-32-25-15-14-21(16-26(25)31-2)17-28-29-27(30)24-9-5-7-22-6-3-4-8-23(22)24/h3-17H,18H2,1-2H3,(H,29,30)/b28-17-. The van der Waals surface area contributed by atoms with Gasteiger partial charge in [-0.05, 0) is 53.1 Å². The van der Waals surface area contributed by atoms with Crippen LogP contribution in [0.25, 0.3) is 10.8 Å². The lowest BCUT2D eigenvalue weighted by Crippen LogP contribution is -2.17. The molecular weight excluding hydrogens is 400 g/mol. The first kappa shape index (κ1) is 21.1. The summed E-state index contributed by atoms with van der Waals surface area (Å²) in [5, 5.41) is 6.01. The molecule has 0 fully saturated rings. The molecule has 1 N–H and O–H groups in total. The molecule has 0 aliphatic heterocycles. The van der Waals surface area contributed by atoms with Crippen LogP contribution in [0, 0.1) is 6.92 Å². The van der Waals surface area contributed by atoms with Gasteiger partial charge in [-0.3, -0.25) is 4.79 Å². The van der Waals surface area contributed by atoms with E-state index in [9.17, 15) is 4.79 Å². The van der Waals surface area contributed by atoms with E-state index < -0.39 is 0 Å². The highest BCUT2D eigenvalue weighted by atomic mass is 16.5. The quantitative estimate of drug-likeness (QED) is 0.315. The molecule has 0 aromatic heterocycles. The first-order chi connectivity index (χ1) is 15.6. The summed E-state index contributed by atoms with van der Waals surface area (Å²) in [4.78, 5) is 12.6. The van der Waals surface area contributed by atoms with Crippen LogP contribution in [-0.4, -0.2) is 19.2 Å². The monoisotopic (exact) mass is 424 g/mol. The van der Waals surface area contributed by atoms with Crippen LogP contribution in [0.1, 0.15) is 27.0 Å². The Morgan fingerprint density at radius 3 is 2.53 bits per heavy atom. The summed E-state index contributed by atoms with van der Waals surface area (Å²) >= 11 is 0. The number of hydrazone groups is 1. The number of hydrogen-bond acceptors (Lipinski definition) is 4. The number of rotatable bonds is 7. The number of fused-ring (bicyclic) bond motifs is 1. The minimum absolute atomic E-state index is 0.261. The van der Waals surface area contributed by atoms with Gasteiger partial charge in [-0.1, -0.05) is 66.2 Å². The van der Waals surface area contributed by atoms with Crippen molar-refractivity contribution < 1.29 is 14.3 Å². The van der Waals surface area contributed by atoms with E-state index in [2.05, 4.69) is 29.6 Å². The summed E-state index contributed by atoms with van der Waals surface area (Å²) in [7, 11) is 1.59. The second-order valence-electron chi connectivity index (χ2n) is 7.41. The Morgan fingerprint density at radius 1 is 0.938 bits per heavy atom. The van der Waals surface area contributed by atoms with Crippen LogP contribution in [0.2, 0.25) is 0 Å². The zero-order valence-electron chi connectivity index (χ0n) is 18.0. The largest absolute Gasteiger partial charge is 0.493 e. The third-order valence-electron chi connectivity index (χ3n) is 5.12. The smallest absolute Gasteiger partial charge is 0.271 e. The minimum Gasteiger partial charge on any atom is -0.493 e. The second kappa shape index (κ2) is 9.79. The van der Waals surface area contributed by atoms with E-state index >= 15 is 0 Å². The first-order valence-electron chi connectivity index (χ1n) is 10.3. The van der Waals surface area contributed by atoms with Gasteiger partial charge in [0.05, 0.1) is 13.3 Å². The molecule has 0 atom stereocenters. The Balaban J connectivity index is 1.42. The van der Waals surface area contributed by atoms with Crippen molar-refractivity contribution in [3.05, 3.63) is 107 Å². The van der Waals surface area contributed by atoms with Gasteiger partial charge in [0.15, 0.2) is 11.5 Å². The van der Waals surface area contributed by atoms with Crippen LogP contribution in [0.5, 0.6) is 11.5 Å². The Bertz CT molecular complexity index is 1260. The zero-order chi connectivity index (χ0) is 22.3. The van der Waals surface area contributed by atoms with Crippen molar-refractivity contribution in [1.29, 1.82) is 0 Å². The van der Waals surface area contributed by atoms with Crippen LogP contribution in [0.3, 0.4) is 0 Å². The van der Waals surface area contributed by atoms with Gasteiger partial charge in [0, 0.05) is 5.56 Å². The Hall–Kier alpha value is -4.12. The summed E-state index contributed by atoms with van der Waals surface area (Å²) in [6.45, 7) is 2.50. The average Bonchev–Trinajstić information content (AvgIpc) is 2.83. The summed E-state index contributed by atoms with van der Waals surface area (Å²) < 4.78 is 11.4. The molecule has 0 bridgehead atoms. The molecule has 160 valence electrons. The number of nitrogens with one attached hydrogen (secondary N) is 1. The number of hydrogen-bond donors (Lipinski definition) is 1. The molecule has 4 aromatic carbocycles. The summed E-state index contributed by atoms with van der Waals surface area (Å²) in [6.07, 6.45) is 1.58. The number of nitrogens with zero attached hydrogens (tertiary/aromatic N) is 1. The molecule has 5 heteroatoms. The molecule has 0 unspecified atom stereocenters. The molecule has 0 aliphatic carbocycles. The number of benzene rings is 4. The van der Waals surface area contributed by atoms with E-state index in [1.165, 1.54) is 5.56 Å². The second-order valence-corrected chi connectivity index (χ2v) is 7.41. The van der Waals surface area contributed by atoms with Crippen LogP contribution in [0.4, 0.5) is 0 Å². The maximum absolute atomic E-state index is 12.6. The Morgan fingerprint density at radius 2 is 1.72 bits per heavy atom. The van der Waals surface area contributed by atoms with Crippen LogP contribution >= 0.6 is 0 Å². The predicted octanol–water partition coefficient (Wildman–Crippen LogP) is 5.50. The van der Waals surface area contributed by atoms with Gasteiger partial charge in [-0.2, -0.15) is 5.10 Å². The zero-order valence-corrected chi connectivity index (χ0v) is 18.0. The van der Waals surface area contributed by atoms with Crippen molar-refractivity contribution in [3.8, 4) is 11.5 Å². The molecule has 32 heavy (non-hydrogen) atoms. The lowest BCUT2D eigenvalue weighted by molar-refractivity contribution is 0.0957. The van der Waals surface area contributed by atoms with Crippen molar-refractivity contribution in [1.82, 2.24) is 5.43 Å². The van der Waals surface area contributed by atoms with Crippen molar-refractivity contribution in [3.63, 3.8) is 0 Å². The molecule has 0 radical (unpaired) electrons. The first-order valence-corrected chi connectivity index (χ1v) is 10.3. The van der Waals surface area contributed by atoms with E-state index in [4.69, 9.17) is 9.47 Å². The van der Waals surface area contributed by atoms with Crippen molar-refractivity contribution in [2.45, 2.75) is 13.5 Å². The van der Waals surface area contributed by atoms with Crippen molar-refractivity contribution >= 4 is 22.9 Å². The lowest BCUT2D eigenvalue weighted by Gasteiger charge is -2.11. The number of carbonyl (C=O) groups excluding carboxylic acids is 1. The maximum Gasteiger partial charge on any atom is 0.271 e. The van der Waals surface area contributed by atoms with E-state index in [0.717, 1.165) is 21.9 Å². The fourth-order valence-corrected chi connectivity index (χ4v) is 3.38. The van der Waals surface area contributed by atoms with Gasteiger partial charge in [-0.25, -0.2) is 5.43 Å². The van der Waals surface area contributed by atoms with E-state index in [1.807, 2.05) is 66.7 Å². The summed E-state index contributed by atoms with van der Waals surface area (Å²) in [5.41, 5.74) is 6.26. The molecule has 0 heterocycles. The average molecular weight is 425 g/mol. The number of carbonyl (C=O) groups is 1. The van der Waals surface area contributed by atoms with Gasteiger partial charge in [0.25, 0.3) is 5.91 Å². The third kappa shape index (κ3) is 4.95. The van der Waals surface area contributed by atoms with Crippen molar-refractivity contribution in [2.75, 3.05) is 7.11 Å². The number of aryl methyl sites for hydroxylation is 1. The van der Waals surface area contributed by atoms with Crippen LogP contribution < -0.4 is 14.9 Å². The highest BCUT2D eigenvalue weighted by molar-refractivity contribution is 6.07. The molecule has 0 spiro atoms. The summed E-state index contributed by atoms with van der Waals surface area (Å²) in [6, 6.07) is 27.1. The SMILES string of the molecule is COc1cc(/C=N\NC(=O)c2cccc3ccccc23)ccc1OCc1ccc(C)cc1. The summed E-state index contributed by atoms with van der Waals surface area (Å²) in [5.74, 6) is 0.981. The highest BCUT2D eigenvalue weighted by Gasteiger charge is 2.09. The van der Waals surface area contributed by atoms with Gasteiger partial charge in [0.1, 0.15) is 6.61 Å². The molecule has 4 aromatic rings. The predicted molar refractivity (Wildman–Crippen MR) is 128 cm³/mol. The minimum atomic E-state index is -0.261. The van der Waals surface area contributed by atoms with Crippen molar-refractivity contribution in [2.24, 2.45) is 5.10 Å². The highest BCUT2D eigenvalue weighted by Crippen LogP contribution is 2.28. The molecular formula is C27H24N2O3. The van der Waals surface area contributed by atoms with Gasteiger partial charge < -0.3 is 9.47 Å². The van der Waals surface area contributed by atoms with Gasteiger partial charge in [0.2, 0.25) is 0 Å². The molecule has 0 aliphatic rings. The van der Waals surface area contributed by atoms with E-state index in [-0.39, 0.29) is 5.91 Å². The maximum atomic E-state index is 12.6. The normalized spacial score (nSPS) is 10.9. The number of ether oxygens (including phenoxy) is 2. The molecule has 1 amide bonds. The molecule has 0 saturated heterocycles. The van der Waals surface area contributed by atoms with E-state index in [1.54, 1.807) is 19.4 Å². The Labute approximate surface area is 187 Å². The lowest BCUT2D eigenvalue weighted by atomic mass is 10.0. The van der Waals surface area contributed by atoms with Gasteiger partial charge >= 0.3 is 0 Å². The number of amides is 1.